The first kappa shape index (κ1) is 15.4. The molecule has 0 heterocycles. The third-order valence-electron chi connectivity index (χ3n) is 2.97. The second-order valence-corrected chi connectivity index (χ2v) is 4.51. The van der Waals surface area contributed by atoms with Crippen LogP contribution in [0.4, 0.5) is 0 Å². The molecule has 0 rings (SSSR count). The Hall–Kier alpha value is -0.570. The SMILES string of the molecule is CCCC(CCCCO)CCCCC(=O)O. The molecule has 0 fully saturated rings. The van der Waals surface area contributed by atoms with Gasteiger partial charge in [-0.2, -0.15) is 0 Å². The van der Waals surface area contributed by atoms with E-state index in [-0.39, 0.29) is 6.61 Å². The lowest BCUT2D eigenvalue weighted by Gasteiger charge is -2.15. The monoisotopic (exact) mass is 230 g/mol. The zero-order valence-corrected chi connectivity index (χ0v) is 10.5. The van der Waals surface area contributed by atoms with Gasteiger partial charge in [-0.05, 0) is 18.8 Å². The zero-order chi connectivity index (χ0) is 12.2. The van der Waals surface area contributed by atoms with Crippen molar-refractivity contribution in [3.05, 3.63) is 0 Å². The summed E-state index contributed by atoms with van der Waals surface area (Å²) in [6.07, 6.45) is 8.88. The summed E-state index contributed by atoms with van der Waals surface area (Å²) in [5.41, 5.74) is 0. The Morgan fingerprint density at radius 3 is 2.19 bits per heavy atom. The van der Waals surface area contributed by atoms with Crippen LogP contribution in [-0.2, 0) is 4.79 Å². The van der Waals surface area contributed by atoms with Crippen LogP contribution in [0.3, 0.4) is 0 Å². The molecule has 96 valence electrons. The Morgan fingerprint density at radius 1 is 1.06 bits per heavy atom. The number of carbonyl (C=O) groups is 1. The van der Waals surface area contributed by atoms with E-state index in [2.05, 4.69) is 6.92 Å². The molecule has 0 amide bonds. The van der Waals surface area contributed by atoms with E-state index >= 15 is 0 Å². The minimum absolute atomic E-state index is 0.290. The summed E-state index contributed by atoms with van der Waals surface area (Å²) in [6, 6.07) is 0. The molecular formula is C13H26O3. The fourth-order valence-corrected chi connectivity index (χ4v) is 2.10. The van der Waals surface area contributed by atoms with Gasteiger partial charge in [-0.3, -0.25) is 4.79 Å². The van der Waals surface area contributed by atoms with Crippen LogP contribution in [0.15, 0.2) is 0 Å². The molecule has 2 N–H and O–H groups in total. The Kier molecular flexibility index (Phi) is 10.5. The summed E-state index contributed by atoms with van der Waals surface area (Å²) in [5.74, 6) is 0.0395. The van der Waals surface area contributed by atoms with Gasteiger partial charge in [0, 0.05) is 13.0 Å². The van der Waals surface area contributed by atoms with Crippen molar-refractivity contribution < 1.29 is 15.0 Å². The maximum absolute atomic E-state index is 10.4. The van der Waals surface area contributed by atoms with Crippen LogP contribution in [0.25, 0.3) is 0 Å². The maximum atomic E-state index is 10.4. The van der Waals surface area contributed by atoms with E-state index in [1.54, 1.807) is 0 Å². The van der Waals surface area contributed by atoms with E-state index in [9.17, 15) is 4.79 Å². The third kappa shape index (κ3) is 9.97. The van der Waals surface area contributed by atoms with Crippen LogP contribution in [0, 0.1) is 5.92 Å². The molecule has 0 aromatic rings. The van der Waals surface area contributed by atoms with Gasteiger partial charge in [0.1, 0.15) is 0 Å². The lowest BCUT2D eigenvalue weighted by molar-refractivity contribution is -0.137. The van der Waals surface area contributed by atoms with Crippen LogP contribution >= 0.6 is 0 Å². The number of unbranched alkanes of at least 4 members (excludes halogenated alkanes) is 2. The molecule has 0 spiro atoms. The first-order valence-electron chi connectivity index (χ1n) is 6.53. The maximum Gasteiger partial charge on any atom is 0.303 e. The minimum Gasteiger partial charge on any atom is -0.481 e. The van der Waals surface area contributed by atoms with E-state index in [0.717, 1.165) is 38.0 Å². The van der Waals surface area contributed by atoms with Crippen molar-refractivity contribution >= 4 is 5.97 Å². The molecule has 1 atom stereocenters. The van der Waals surface area contributed by atoms with Crippen molar-refractivity contribution in [3.8, 4) is 0 Å². The molecule has 0 aromatic heterocycles. The van der Waals surface area contributed by atoms with Gasteiger partial charge in [-0.15, -0.1) is 0 Å². The molecule has 0 saturated heterocycles. The number of hydrogen-bond acceptors (Lipinski definition) is 2. The Morgan fingerprint density at radius 2 is 1.69 bits per heavy atom. The first-order valence-corrected chi connectivity index (χ1v) is 6.53. The zero-order valence-electron chi connectivity index (χ0n) is 10.5. The van der Waals surface area contributed by atoms with Gasteiger partial charge in [-0.1, -0.05) is 45.4 Å². The van der Waals surface area contributed by atoms with E-state index < -0.39 is 5.97 Å². The lowest BCUT2D eigenvalue weighted by atomic mass is 9.91. The standard InChI is InChI=1S/C13H26O3/c1-2-7-12(9-5-6-11-14)8-3-4-10-13(15)16/h12,14H,2-11H2,1H3,(H,15,16). The van der Waals surface area contributed by atoms with Crippen molar-refractivity contribution in [2.75, 3.05) is 6.61 Å². The number of carboxylic acids is 1. The highest BCUT2D eigenvalue weighted by atomic mass is 16.4. The molecule has 0 saturated carbocycles. The highest BCUT2D eigenvalue weighted by molar-refractivity contribution is 5.66. The summed E-state index contributed by atoms with van der Waals surface area (Å²) < 4.78 is 0. The summed E-state index contributed by atoms with van der Waals surface area (Å²) >= 11 is 0. The van der Waals surface area contributed by atoms with Gasteiger partial charge in [-0.25, -0.2) is 0 Å². The summed E-state index contributed by atoms with van der Waals surface area (Å²) in [6.45, 7) is 2.48. The molecule has 0 aromatic carbocycles. The Labute approximate surface area is 98.9 Å². The van der Waals surface area contributed by atoms with Crippen LogP contribution in [-0.4, -0.2) is 22.8 Å². The largest absolute Gasteiger partial charge is 0.481 e. The number of hydrogen-bond donors (Lipinski definition) is 2. The van der Waals surface area contributed by atoms with E-state index in [0.29, 0.717) is 6.42 Å². The average Bonchev–Trinajstić information content (AvgIpc) is 2.24. The van der Waals surface area contributed by atoms with Crippen LogP contribution in [0.1, 0.15) is 64.7 Å². The van der Waals surface area contributed by atoms with Crippen molar-refractivity contribution in [2.45, 2.75) is 64.7 Å². The molecule has 0 radical (unpaired) electrons. The first-order chi connectivity index (χ1) is 7.70. The molecule has 0 aliphatic carbocycles. The number of aliphatic hydroxyl groups excluding tert-OH is 1. The number of rotatable bonds is 11. The van der Waals surface area contributed by atoms with Crippen molar-refractivity contribution in [1.29, 1.82) is 0 Å². The molecule has 0 bridgehead atoms. The van der Waals surface area contributed by atoms with Crippen LogP contribution < -0.4 is 0 Å². The predicted octanol–water partition coefficient (Wildman–Crippen LogP) is 3.21. The Balaban J connectivity index is 3.54. The van der Waals surface area contributed by atoms with Gasteiger partial charge in [0.05, 0.1) is 0 Å². The summed E-state index contributed by atoms with van der Waals surface area (Å²) in [4.78, 5) is 10.4. The molecule has 3 nitrogen and oxygen atoms in total. The van der Waals surface area contributed by atoms with Gasteiger partial charge in [0.25, 0.3) is 0 Å². The fraction of sp³-hybridized carbons (Fsp3) is 0.923. The normalized spacial score (nSPS) is 12.6. The molecule has 0 aliphatic rings. The highest BCUT2D eigenvalue weighted by Crippen LogP contribution is 2.21. The van der Waals surface area contributed by atoms with E-state index in [1.165, 1.54) is 19.3 Å². The van der Waals surface area contributed by atoms with Crippen LogP contribution in [0.5, 0.6) is 0 Å². The van der Waals surface area contributed by atoms with Crippen LogP contribution in [0.2, 0.25) is 0 Å². The second kappa shape index (κ2) is 10.9. The Bertz CT molecular complexity index is 169. The smallest absolute Gasteiger partial charge is 0.303 e. The minimum atomic E-state index is -0.688. The van der Waals surface area contributed by atoms with E-state index in [1.807, 2.05) is 0 Å². The fourth-order valence-electron chi connectivity index (χ4n) is 2.10. The number of carboxylic acid groups (broad SMARTS) is 1. The number of aliphatic hydroxyl groups is 1. The van der Waals surface area contributed by atoms with Gasteiger partial charge < -0.3 is 10.2 Å². The molecule has 0 aliphatic heterocycles. The summed E-state index contributed by atoms with van der Waals surface area (Å²) in [7, 11) is 0. The lowest BCUT2D eigenvalue weighted by Crippen LogP contribution is -2.02. The second-order valence-electron chi connectivity index (χ2n) is 4.51. The van der Waals surface area contributed by atoms with Gasteiger partial charge in [0.15, 0.2) is 0 Å². The molecular weight excluding hydrogens is 204 g/mol. The number of aliphatic carboxylic acids is 1. The van der Waals surface area contributed by atoms with Crippen molar-refractivity contribution in [3.63, 3.8) is 0 Å². The molecule has 16 heavy (non-hydrogen) atoms. The highest BCUT2D eigenvalue weighted by Gasteiger charge is 2.07. The van der Waals surface area contributed by atoms with Gasteiger partial charge in [0.2, 0.25) is 0 Å². The predicted molar refractivity (Wildman–Crippen MR) is 65.4 cm³/mol. The quantitative estimate of drug-likeness (QED) is 0.536. The van der Waals surface area contributed by atoms with E-state index in [4.69, 9.17) is 10.2 Å². The molecule has 1 unspecified atom stereocenters. The van der Waals surface area contributed by atoms with Crippen molar-refractivity contribution in [2.24, 2.45) is 5.92 Å². The molecule has 3 heteroatoms. The summed E-state index contributed by atoms with van der Waals surface area (Å²) in [5, 5.41) is 17.2. The van der Waals surface area contributed by atoms with Crippen molar-refractivity contribution in [1.82, 2.24) is 0 Å². The third-order valence-corrected chi connectivity index (χ3v) is 2.97. The average molecular weight is 230 g/mol. The van der Waals surface area contributed by atoms with Gasteiger partial charge >= 0.3 is 5.97 Å². The topological polar surface area (TPSA) is 57.5 Å².